The molecule has 5 nitrogen and oxygen atoms in total. The van der Waals surface area contributed by atoms with E-state index >= 15 is 0 Å². The summed E-state index contributed by atoms with van der Waals surface area (Å²) in [5, 5.41) is 6.49. The molecule has 1 aromatic rings. The van der Waals surface area contributed by atoms with Crippen LogP contribution in [0.2, 0.25) is 0 Å². The molecule has 20 heavy (non-hydrogen) atoms. The van der Waals surface area contributed by atoms with Gasteiger partial charge in [-0.25, -0.2) is 4.99 Å². The van der Waals surface area contributed by atoms with Crippen molar-refractivity contribution in [3.63, 3.8) is 0 Å². The zero-order valence-corrected chi connectivity index (χ0v) is 11.5. The number of aliphatic imine (C=N–C) groups is 2. The molecular formula is C15H20N4O. The second-order valence-corrected chi connectivity index (χ2v) is 5.07. The van der Waals surface area contributed by atoms with Crippen LogP contribution in [0.4, 0.5) is 0 Å². The van der Waals surface area contributed by atoms with Gasteiger partial charge in [-0.3, -0.25) is 4.99 Å². The van der Waals surface area contributed by atoms with Gasteiger partial charge < -0.3 is 15.4 Å². The molecule has 1 unspecified atom stereocenters. The highest BCUT2D eigenvalue weighted by atomic mass is 16.5. The number of hydrogen-bond acceptors (Lipinski definition) is 4. The molecule has 3 rings (SSSR count). The van der Waals surface area contributed by atoms with Crippen molar-refractivity contribution in [2.45, 2.75) is 31.5 Å². The van der Waals surface area contributed by atoms with E-state index in [1.54, 1.807) is 6.34 Å². The Balaban J connectivity index is 1.60. The lowest BCUT2D eigenvalue weighted by atomic mass is 10.1. The van der Waals surface area contributed by atoms with Gasteiger partial charge in [-0.15, -0.1) is 0 Å². The average molecular weight is 272 g/mol. The highest BCUT2D eigenvalue weighted by Gasteiger charge is 2.18. The first kappa shape index (κ1) is 13.1. The minimum atomic E-state index is -0.181. The smallest absolute Gasteiger partial charge is 0.198 e. The maximum Gasteiger partial charge on any atom is 0.198 e. The van der Waals surface area contributed by atoms with Crippen LogP contribution < -0.4 is 15.4 Å². The second-order valence-electron chi connectivity index (χ2n) is 5.07. The molecule has 1 saturated heterocycles. The van der Waals surface area contributed by atoms with Crippen LogP contribution in [0.15, 0.2) is 40.3 Å². The number of benzene rings is 1. The third-order valence-corrected chi connectivity index (χ3v) is 3.50. The molecule has 2 aliphatic rings. The minimum absolute atomic E-state index is 0.181. The van der Waals surface area contributed by atoms with Crippen molar-refractivity contribution in [3.8, 4) is 5.75 Å². The molecule has 1 fully saturated rings. The normalized spacial score (nSPS) is 25.4. The first-order valence-electron chi connectivity index (χ1n) is 7.17. The Morgan fingerprint density at radius 1 is 1.15 bits per heavy atom. The minimum Gasteiger partial charge on any atom is -0.468 e. The summed E-state index contributed by atoms with van der Waals surface area (Å²) in [6, 6.07) is 10.2. The number of nitrogens with zero attached hydrogens (tertiary/aromatic N) is 2. The van der Waals surface area contributed by atoms with Gasteiger partial charge in [0.25, 0.3) is 0 Å². The molecule has 2 aliphatic heterocycles. The fourth-order valence-corrected chi connectivity index (χ4v) is 2.45. The number of ether oxygens (including phenoxy) is 1. The quantitative estimate of drug-likeness (QED) is 0.878. The zero-order valence-electron chi connectivity index (χ0n) is 11.5. The fraction of sp³-hybridized carbons (Fsp3) is 0.467. The first-order chi connectivity index (χ1) is 9.90. The number of hydrogen-bond donors (Lipinski definition) is 2. The predicted octanol–water partition coefficient (Wildman–Crippen LogP) is 1.56. The molecule has 0 aromatic heterocycles. The molecule has 2 N–H and O–H groups in total. The van der Waals surface area contributed by atoms with E-state index in [0.717, 1.165) is 37.5 Å². The third-order valence-electron chi connectivity index (χ3n) is 3.50. The number of amidine groups is 1. The van der Waals surface area contributed by atoms with E-state index in [9.17, 15) is 0 Å². The molecule has 0 amide bonds. The highest BCUT2D eigenvalue weighted by Crippen LogP contribution is 2.15. The van der Waals surface area contributed by atoms with Crippen LogP contribution in [0.25, 0.3) is 0 Å². The summed E-state index contributed by atoms with van der Waals surface area (Å²) in [4.78, 5) is 9.10. The van der Waals surface area contributed by atoms with E-state index in [1.165, 1.54) is 0 Å². The Morgan fingerprint density at radius 2 is 1.95 bits per heavy atom. The van der Waals surface area contributed by atoms with Crippen LogP contribution in [-0.4, -0.2) is 37.5 Å². The fourth-order valence-electron chi connectivity index (χ4n) is 2.45. The van der Waals surface area contributed by atoms with Crippen LogP contribution >= 0.6 is 0 Å². The molecule has 1 atom stereocenters. The highest BCUT2D eigenvalue weighted by molar-refractivity contribution is 5.93. The van der Waals surface area contributed by atoms with Crippen LogP contribution in [0.5, 0.6) is 5.75 Å². The third kappa shape index (κ3) is 3.57. The van der Waals surface area contributed by atoms with Gasteiger partial charge in [-0.2, -0.15) is 0 Å². The van der Waals surface area contributed by atoms with Crippen LogP contribution in [0, 0.1) is 0 Å². The summed E-state index contributed by atoms with van der Waals surface area (Å²) >= 11 is 0. The van der Waals surface area contributed by atoms with Crippen molar-refractivity contribution < 1.29 is 4.74 Å². The molecule has 0 aliphatic carbocycles. The average Bonchev–Trinajstić information content (AvgIpc) is 2.50. The molecule has 106 valence electrons. The predicted molar refractivity (Wildman–Crippen MR) is 80.4 cm³/mol. The van der Waals surface area contributed by atoms with Crippen molar-refractivity contribution in [3.05, 3.63) is 30.3 Å². The monoisotopic (exact) mass is 272 g/mol. The lowest BCUT2D eigenvalue weighted by molar-refractivity contribution is 0.217. The lowest BCUT2D eigenvalue weighted by Crippen LogP contribution is -2.37. The zero-order chi connectivity index (χ0) is 13.6. The molecule has 0 bridgehead atoms. The Hall–Kier alpha value is -1.88. The number of rotatable bonds is 3. The first-order valence-corrected chi connectivity index (χ1v) is 7.17. The van der Waals surface area contributed by atoms with Crippen LogP contribution in [0.3, 0.4) is 0 Å². The Bertz CT molecular complexity index is 480. The Kier molecular flexibility index (Phi) is 4.28. The summed E-state index contributed by atoms with van der Waals surface area (Å²) < 4.78 is 5.84. The van der Waals surface area contributed by atoms with Gasteiger partial charge in [0.1, 0.15) is 11.6 Å². The standard InChI is InChI=1S/C15H20N4O/c1-2-4-13(5-3-1)20-15-10-14(17-11-18-15)19-12-6-8-16-9-7-12/h1-5,11-12,15-16H,6-10H2,(H,17,18,19). The van der Waals surface area contributed by atoms with Gasteiger partial charge in [0.2, 0.25) is 0 Å². The van der Waals surface area contributed by atoms with Crippen molar-refractivity contribution in [1.82, 2.24) is 10.6 Å². The maximum atomic E-state index is 5.84. The van der Waals surface area contributed by atoms with E-state index in [1.807, 2.05) is 30.3 Å². The Labute approximate surface area is 119 Å². The van der Waals surface area contributed by atoms with Gasteiger partial charge >= 0.3 is 0 Å². The summed E-state index contributed by atoms with van der Waals surface area (Å²) in [6.45, 7) is 2.11. The number of para-hydroxylation sites is 1. The van der Waals surface area contributed by atoms with Gasteiger partial charge in [0.05, 0.1) is 18.8 Å². The molecular weight excluding hydrogens is 252 g/mol. The van der Waals surface area contributed by atoms with Crippen molar-refractivity contribution in [2.24, 2.45) is 9.98 Å². The van der Waals surface area contributed by atoms with Gasteiger partial charge in [0, 0.05) is 0 Å². The molecule has 0 saturated carbocycles. The number of piperidine rings is 1. The summed E-state index contributed by atoms with van der Waals surface area (Å²) in [7, 11) is 0. The number of nitrogens with one attached hydrogen (secondary N) is 2. The topological polar surface area (TPSA) is 58.0 Å². The SMILES string of the molecule is C1=NC(Oc2ccccc2)CC(=NC2CCNCC2)N1. The summed E-state index contributed by atoms with van der Waals surface area (Å²) in [5.41, 5.74) is 0. The van der Waals surface area contributed by atoms with E-state index in [4.69, 9.17) is 9.73 Å². The van der Waals surface area contributed by atoms with E-state index < -0.39 is 0 Å². The van der Waals surface area contributed by atoms with E-state index in [2.05, 4.69) is 15.6 Å². The second kappa shape index (κ2) is 6.52. The van der Waals surface area contributed by atoms with Crippen molar-refractivity contribution in [1.29, 1.82) is 0 Å². The van der Waals surface area contributed by atoms with E-state index in [-0.39, 0.29) is 6.23 Å². The van der Waals surface area contributed by atoms with Crippen LogP contribution in [0.1, 0.15) is 19.3 Å². The van der Waals surface area contributed by atoms with Gasteiger partial charge in [-0.05, 0) is 38.1 Å². The molecule has 1 aromatic carbocycles. The van der Waals surface area contributed by atoms with Crippen molar-refractivity contribution in [2.75, 3.05) is 13.1 Å². The largest absolute Gasteiger partial charge is 0.468 e. The molecule has 2 heterocycles. The van der Waals surface area contributed by atoms with E-state index in [0.29, 0.717) is 12.5 Å². The van der Waals surface area contributed by atoms with Crippen molar-refractivity contribution >= 4 is 12.2 Å². The van der Waals surface area contributed by atoms with Gasteiger partial charge in [-0.1, -0.05) is 18.2 Å². The molecule has 0 radical (unpaired) electrons. The molecule has 5 heteroatoms. The Morgan fingerprint density at radius 3 is 2.75 bits per heavy atom. The maximum absolute atomic E-state index is 5.84. The lowest BCUT2D eigenvalue weighted by Gasteiger charge is -2.23. The van der Waals surface area contributed by atoms with Gasteiger partial charge in [0.15, 0.2) is 6.23 Å². The molecule has 0 spiro atoms. The summed E-state index contributed by atoms with van der Waals surface area (Å²) in [6.07, 6.45) is 4.42. The van der Waals surface area contributed by atoms with Crippen LogP contribution in [-0.2, 0) is 0 Å². The summed E-state index contributed by atoms with van der Waals surface area (Å²) in [5.74, 6) is 1.82.